The zero-order valence-electron chi connectivity index (χ0n) is 9.01. The topological polar surface area (TPSA) is 43.1 Å². The van der Waals surface area contributed by atoms with Crippen molar-refractivity contribution in [1.29, 1.82) is 0 Å². The van der Waals surface area contributed by atoms with Crippen molar-refractivity contribution in [2.24, 2.45) is 11.7 Å². The van der Waals surface area contributed by atoms with Crippen LogP contribution in [-0.2, 0) is 4.79 Å². The first-order valence-corrected chi connectivity index (χ1v) is 5.45. The predicted molar refractivity (Wildman–Crippen MR) is 56.4 cm³/mol. The van der Waals surface area contributed by atoms with E-state index in [0.717, 1.165) is 6.42 Å². The second-order valence-electron chi connectivity index (χ2n) is 3.98. The average Bonchev–Trinajstić information content (AvgIpc) is 2.02. The molecule has 0 saturated carbocycles. The summed E-state index contributed by atoms with van der Waals surface area (Å²) in [5.74, 6) is 0.306. The first-order chi connectivity index (χ1) is 6.16. The third-order valence-electron chi connectivity index (χ3n) is 2.35. The molecule has 0 aromatic heterocycles. The molecule has 0 heterocycles. The fraction of sp³-hybridized carbons (Fsp3) is 0.909. The molecule has 0 aromatic carbocycles. The Morgan fingerprint density at radius 2 is 1.85 bits per heavy atom. The van der Waals surface area contributed by atoms with E-state index in [1.807, 2.05) is 0 Å². The highest BCUT2D eigenvalue weighted by molar-refractivity contribution is 5.73. The summed E-state index contributed by atoms with van der Waals surface area (Å²) >= 11 is 0. The quantitative estimate of drug-likeness (QED) is 0.580. The van der Waals surface area contributed by atoms with Crippen molar-refractivity contribution in [3.63, 3.8) is 0 Å². The number of unbranched alkanes of at least 4 members (excludes halogenated alkanes) is 4. The molecule has 0 aliphatic rings. The van der Waals surface area contributed by atoms with Crippen molar-refractivity contribution in [3.8, 4) is 0 Å². The third kappa shape index (κ3) is 9.38. The average molecular weight is 185 g/mol. The van der Waals surface area contributed by atoms with Crippen molar-refractivity contribution in [1.82, 2.24) is 0 Å². The Kier molecular flexibility index (Phi) is 7.76. The van der Waals surface area contributed by atoms with Crippen LogP contribution < -0.4 is 5.73 Å². The van der Waals surface area contributed by atoms with E-state index in [4.69, 9.17) is 5.73 Å². The maximum atomic E-state index is 10.6. The number of hydrogen-bond acceptors (Lipinski definition) is 1. The minimum atomic E-state index is -0.166. The lowest BCUT2D eigenvalue weighted by Gasteiger charge is -2.07. The smallest absolute Gasteiger partial charge is 0.217 e. The van der Waals surface area contributed by atoms with Gasteiger partial charge in [0.1, 0.15) is 0 Å². The summed E-state index contributed by atoms with van der Waals surface area (Å²) < 4.78 is 0. The van der Waals surface area contributed by atoms with Gasteiger partial charge in [0.25, 0.3) is 0 Å². The minimum Gasteiger partial charge on any atom is -0.370 e. The molecule has 0 radical (unpaired) electrons. The Morgan fingerprint density at radius 1 is 1.23 bits per heavy atom. The van der Waals surface area contributed by atoms with Crippen molar-refractivity contribution >= 4 is 5.91 Å². The van der Waals surface area contributed by atoms with E-state index in [1.165, 1.54) is 32.1 Å². The van der Waals surface area contributed by atoms with Crippen LogP contribution in [0, 0.1) is 5.92 Å². The van der Waals surface area contributed by atoms with Crippen LogP contribution in [0.4, 0.5) is 0 Å². The molecule has 0 aliphatic carbocycles. The van der Waals surface area contributed by atoms with E-state index >= 15 is 0 Å². The Labute approximate surface area is 81.9 Å². The minimum absolute atomic E-state index is 0.166. The van der Waals surface area contributed by atoms with E-state index in [1.54, 1.807) is 0 Å². The molecule has 0 fully saturated rings. The van der Waals surface area contributed by atoms with Crippen LogP contribution in [0.5, 0.6) is 0 Å². The first-order valence-electron chi connectivity index (χ1n) is 5.45. The SMILES string of the molecule is CCCCCCCC(C)CC(N)=O. The Balaban J connectivity index is 3.17. The first kappa shape index (κ1) is 12.5. The molecule has 0 aliphatic heterocycles. The summed E-state index contributed by atoms with van der Waals surface area (Å²) in [5, 5.41) is 0. The number of carbonyl (C=O) groups excluding carboxylic acids is 1. The number of carbonyl (C=O) groups is 1. The fourth-order valence-electron chi connectivity index (χ4n) is 1.54. The maximum absolute atomic E-state index is 10.6. The van der Waals surface area contributed by atoms with Crippen molar-refractivity contribution in [2.75, 3.05) is 0 Å². The molecule has 1 atom stereocenters. The zero-order chi connectivity index (χ0) is 10.1. The fourth-order valence-corrected chi connectivity index (χ4v) is 1.54. The number of rotatable bonds is 8. The molecule has 0 aromatic rings. The molecule has 13 heavy (non-hydrogen) atoms. The Bertz CT molecular complexity index is 134. The van der Waals surface area contributed by atoms with E-state index < -0.39 is 0 Å². The van der Waals surface area contributed by atoms with Gasteiger partial charge in [-0.05, 0) is 5.92 Å². The van der Waals surface area contributed by atoms with Crippen LogP contribution in [-0.4, -0.2) is 5.91 Å². The largest absolute Gasteiger partial charge is 0.370 e. The van der Waals surface area contributed by atoms with Crippen LogP contribution in [0.2, 0.25) is 0 Å². The van der Waals surface area contributed by atoms with Gasteiger partial charge < -0.3 is 5.73 Å². The van der Waals surface area contributed by atoms with Gasteiger partial charge in [-0.25, -0.2) is 0 Å². The molecule has 0 saturated heterocycles. The van der Waals surface area contributed by atoms with Crippen molar-refractivity contribution < 1.29 is 4.79 Å². The number of hydrogen-bond donors (Lipinski definition) is 1. The van der Waals surface area contributed by atoms with Gasteiger partial charge in [0.2, 0.25) is 5.91 Å². The molecule has 0 spiro atoms. The van der Waals surface area contributed by atoms with E-state index in [0.29, 0.717) is 12.3 Å². The Morgan fingerprint density at radius 3 is 2.38 bits per heavy atom. The standard InChI is InChI=1S/C11H23NO/c1-3-4-5-6-7-8-10(2)9-11(12)13/h10H,3-9H2,1-2H3,(H2,12,13). The molecule has 1 unspecified atom stereocenters. The molecule has 2 heteroatoms. The van der Waals surface area contributed by atoms with Crippen LogP contribution in [0.15, 0.2) is 0 Å². The Hall–Kier alpha value is -0.530. The van der Waals surface area contributed by atoms with Gasteiger partial charge in [-0.3, -0.25) is 4.79 Å². The van der Waals surface area contributed by atoms with Crippen LogP contribution >= 0.6 is 0 Å². The van der Waals surface area contributed by atoms with Crippen LogP contribution in [0.1, 0.15) is 58.8 Å². The summed E-state index contributed by atoms with van der Waals surface area (Å²) in [4.78, 5) is 10.6. The van der Waals surface area contributed by atoms with Crippen molar-refractivity contribution in [3.05, 3.63) is 0 Å². The van der Waals surface area contributed by atoms with Crippen LogP contribution in [0.25, 0.3) is 0 Å². The van der Waals surface area contributed by atoms with Crippen LogP contribution in [0.3, 0.4) is 0 Å². The highest BCUT2D eigenvalue weighted by Crippen LogP contribution is 2.13. The zero-order valence-corrected chi connectivity index (χ0v) is 9.01. The lowest BCUT2D eigenvalue weighted by atomic mass is 9.99. The highest BCUT2D eigenvalue weighted by Gasteiger charge is 2.04. The number of amides is 1. The molecule has 0 bridgehead atoms. The van der Waals surface area contributed by atoms with E-state index in [9.17, 15) is 4.79 Å². The third-order valence-corrected chi connectivity index (χ3v) is 2.35. The molecular formula is C11H23NO. The van der Waals surface area contributed by atoms with E-state index in [2.05, 4.69) is 13.8 Å². The lowest BCUT2D eigenvalue weighted by molar-refractivity contribution is -0.118. The summed E-state index contributed by atoms with van der Waals surface area (Å²) in [7, 11) is 0. The van der Waals surface area contributed by atoms with Gasteiger partial charge in [-0.15, -0.1) is 0 Å². The normalized spacial score (nSPS) is 12.8. The molecule has 1 amide bonds. The second kappa shape index (κ2) is 8.09. The summed E-state index contributed by atoms with van der Waals surface area (Å²) in [5.41, 5.74) is 5.11. The van der Waals surface area contributed by atoms with Gasteiger partial charge in [0, 0.05) is 6.42 Å². The van der Waals surface area contributed by atoms with Gasteiger partial charge in [-0.2, -0.15) is 0 Å². The predicted octanol–water partition coefficient (Wildman–Crippen LogP) is 2.86. The molecular weight excluding hydrogens is 162 g/mol. The molecule has 2 nitrogen and oxygen atoms in total. The van der Waals surface area contributed by atoms with Gasteiger partial charge in [-0.1, -0.05) is 52.4 Å². The summed E-state index contributed by atoms with van der Waals surface area (Å²) in [6.45, 7) is 4.32. The maximum Gasteiger partial charge on any atom is 0.217 e. The number of nitrogens with two attached hydrogens (primary N) is 1. The number of primary amides is 1. The monoisotopic (exact) mass is 185 g/mol. The summed E-state index contributed by atoms with van der Waals surface area (Å²) in [6.07, 6.45) is 8.20. The summed E-state index contributed by atoms with van der Waals surface area (Å²) in [6, 6.07) is 0. The van der Waals surface area contributed by atoms with E-state index in [-0.39, 0.29) is 5.91 Å². The highest BCUT2D eigenvalue weighted by atomic mass is 16.1. The lowest BCUT2D eigenvalue weighted by Crippen LogP contribution is -2.14. The van der Waals surface area contributed by atoms with Gasteiger partial charge in [0.05, 0.1) is 0 Å². The van der Waals surface area contributed by atoms with Crippen molar-refractivity contribution in [2.45, 2.75) is 58.8 Å². The molecule has 78 valence electrons. The second-order valence-corrected chi connectivity index (χ2v) is 3.98. The molecule has 0 rings (SSSR count). The van der Waals surface area contributed by atoms with Gasteiger partial charge >= 0.3 is 0 Å². The van der Waals surface area contributed by atoms with Gasteiger partial charge in [0.15, 0.2) is 0 Å². The molecule has 2 N–H and O–H groups in total.